The molecular weight excluding hydrogens is 189 g/mol. The molecule has 0 heterocycles. The number of benzene rings is 1. The van der Waals surface area contributed by atoms with Gasteiger partial charge in [0.1, 0.15) is 5.82 Å². The van der Waals surface area contributed by atoms with E-state index in [4.69, 9.17) is 5.73 Å². The normalized spacial score (nSPS) is 18.9. The Bertz CT molecular complexity index is 338. The van der Waals surface area contributed by atoms with E-state index >= 15 is 0 Å². The van der Waals surface area contributed by atoms with Crippen molar-refractivity contribution in [3.8, 4) is 0 Å². The van der Waals surface area contributed by atoms with E-state index in [1.807, 2.05) is 12.1 Å². The summed E-state index contributed by atoms with van der Waals surface area (Å²) in [5.41, 5.74) is 7.30. The molecule has 1 unspecified atom stereocenters. The topological polar surface area (TPSA) is 26.0 Å². The SMILES string of the molecule is CC(C)(c1ccc(F)cc1)C(N)C1CC1. The smallest absolute Gasteiger partial charge is 0.123 e. The van der Waals surface area contributed by atoms with E-state index in [9.17, 15) is 4.39 Å². The molecule has 2 N–H and O–H groups in total. The first-order valence-electron chi connectivity index (χ1n) is 5.53. The van der Waals surface area contributed by atoms with Crippen LogP contribution in [0.4, 0.5) is 4.39 Å². The van der Waals surface area contributed by atoms with Gasteiger partial charge in [-0.3, -0.25) is 0 Å². The van der Waals surface area contributed by atoms with Gasteiger partial charge < -0.3 is 5.73 Å². The molecule has 0 radical (unpaired) electrons. The van der Waals surface area contributed by atoms with Gasteiger partial charge in [-0.15, -0.1) is 0 Å². The molecule has 1 aromatic rings. The van der Waals surface area contributed by atoms with Crippen LogP contribution in [0, 0.1) is 11.7 Å². The van der Waals surface area contributed by atoms with E-state index in [0.717, 1.165) is 5.56 Å². The number of nitrogens with two attached hydrogens (primary N) is 1. The van der Waals surface area contributed by atoms with Crippen molar-refractivity contribution in [1.82, 2.24) is 0 Å². The fourth-order valence-electron chi connectivity index (χ4n) is 2.12. The van der Waals surface area contributed by atoms with Crippen molar-refractivity contribution < 1.29 is 4.39 Å². The van der Waals surface area contributed by atoms with Crippen LogP contribution in [0.1, 0.15) is 32.3 Å². The van der Waals surface area contributed by atoms with Gasteiger partial charge in [0.25, 0.3) is 0 Å². The van der Waals surface area contributed by atoms with E-state index in [1.54, 1.807) is 0 Å². The first-order chi connectivity index (χ1) is 7.01. The Balaban J connectivity index is 2.23. The fourth-order valence-corrected chi connectivity index (χ4v) is 2.12. The average Bonchev–Trinajstić information content (AvgIpc) is 3.00. The monoisotopic (exact) mass is 207 g/mol. The van der Waals surface area contributed by atoms with Gasteiger partial charge in [0.2, 0.25) is 0 Å². The van der Waals surface area contributed by atoms with Gasteiger partial charge in [-0.2, -0.15) is 0 Å². The molecule has 0 amide bonds. The fraction of sp³-hybridized carbons (Fsp3) is 0.538. The van der Waals surface area contributed by atoms with E-state index in [1.165, 1.54) is 25.0 Å². The molecule has 1 aliphatic rings. The molecule has 2 heteroatoms. The quantitative estimate of drug-likeness (QED) is 0.810. The third-order valence-electron chi connectivity index (χ3n) is 3.55. The van der Waals surface area contributed by atoms with Crippen LogP contribution < -0.4 is 5.73 Å². The lowest BCUT2D eigenvalue weighted by atomic mass is 9.76. The zero-order valence-electron chi connectivity index (χ0n) is 9.33. The average molecular weight is 207 g/mol. The minimum absolute atomic E-state index is 0.0606. The van der Waals surface area contributed by atoms with Crippen LogP contribution >= 0.6 is 0 Å². The summed E-state index contributed by atoms with van der Waals surface area (Å²) in [5.74, 6) is 0.472. The molecule has 0 spiro atoms. The zero-order valence-corrected chi connectivity index (χ0v) is 9.33. The highest BCUT2D eigenvalue weighted by Crippen LogP contribution is 2.40. The van der Waals surface area contributed by atoms with Gasteiger partial charge in [-0.05, 0) is 36.5 Å². The first-order valence-corrected chi connectivity index (χ1v) is 5.53. The Morgan fingerprint density at radius 3 is 2.27 bits per heavy atom. The molecule has 2 rings (SSSR count). The third-order valence-corrected chi connectivity index (χ3v) is 3.55. The van der Waals surface area contributed by atoms with Crippen molar-refractivity contribution in [2.24, 2.45) is 11.7 Å². The molecule has 1 nitrogen and oxygen atoms in total. The van der Waals surface area contributed by atoms with Crippen molar-refractivity contribution in [3.05, 3.63) is 35.6 Å². The molecule has 0 bridgehead atoms. The molecule has 1 atom stereocenters. The van der Waals surface area contributed by atoms with Crippen molar-refractivity contribution in [2.45, 2.75) is 38.1 Å². The highest BCUT2D eigenvalue weighted by molar-refractivity contribution is 5.27. The van der Waals surface area contributed by atoms with Crippen LogP contribution in [0.25, 0.3) is 0 Å². The van der Waals surface area contributed by atoms with Gasteiger partial charge in [-0.25, -0.2) is 4.39 Å². The third kappa shape index (κ3) is 2.05. The van der Waals surface area contributed by atoms with E-state index in [2.05, 4.69) is 13.8 Å². The van der Waals surface area contributed by atoms with E-state index < -0.39 is 0 Å². The Kier molecular flexibility index (Phi) is 2.55. The summed E-state index contributed by atoms with van der Waals surface area (Å²) >= 11 is 0. The lowest BCUT2D eigenvalue weighted by molar-refractivity contribution is 0.373. The van der Waals surface area contributed by atoms with Gasteiger partial charge >= 0.3 is 0 Å². The zero-order chi connectivity index (χ0) is 11.1. The van der Waals surface area contributed by atoms with Crippen LogP contribution in [0.5, 0.6) is 0 Å². The van der Waals surface area contributed by atoms with E-state index in [-0.39, 0.29) is 17.3 Å². The summed E-state index contributed by atoms with van der Waals surface area (Å²) in [6, 6.07) is 6.89. The second-order valence-corrected chi connectivity index (χ2v) is 5.09. The Labute approximate surface area is 90.5 Å². The second kappa shape index (κ2) is 3.60. The maximum absolute atomic E-state index is 12.8. The second-order valence-electron chi connectivity index (χ2n) is 5.09. The molecule has 1 fully saturated rings. The van der Waals surface area contributed by atoms with Crippen LogP contribution in [-0.4, -0.2) is 6.04 Å². The number of hydrogen-bond acceptors (Lipinski definition) is 1. The Hall–Kier alpha value is -0.890. The van der Waals surface area contributed by atoms with Crippen LogP contribution in [0.2, 0.25) is 0 Å². The van der Waals surface area contributed by atoms with Crippen molar-refractivity contribution in [3.63, 3.8) is 0 Å². The molecule has 82 valence electrons. The predicted molar refractivity (Wildman–Crippen MR) is 60.1 cm³/mol. The molecule has 0 aliphatic heterocycles. The molecule has 0 saturated heterocycles. The predicted octanol–water partition coefficient (Wildman–Crippen LogP) is 2.84. The lowest BCUT2D eigenvalue weighted by Crippen LogP contribution is -2.42. The molecule has 1 saturated carbocycles. The Morgan fingerprint density at radius 1 is 1.27 bits per heavy atom. The number of halogens is 1. The van der Waals surface area contributed by atoms with Gasteiger partial charge in [0, 0.05) is 11.5 Å². The summed E-state index contributed by atoms with van der Waals surface area (Å²) in [7, 11) is 0. The largest absolute Gasteiger partial charge is 0.327 e. The summed E-state index contributed by atoms with van der Waals surface area (Å²) in [6.07, 6.45) is 2.48. The highest BCUT2D eigenvalue weighted by Gasteiger charge is 2.39. The maximum Gasteiger partial charge on any atom is 0.123 e. The van der Waals surface area contributed by atoms with Crippen LogP contribution in [0.3, 0.4) is 0 Å². The molecule has 1 aliphatic carbocycles. The minimum atomic E-state index is -0.186. The van der Waals surface area contributed by atoms with Gasteiger partial charge in [0.15, 0.2) is 0 Å². The van der Waals surface area contributed by atoms with E-state index in [0.29, 0.717) is 5.92 Å². The lowest BCUT2D eigenvalue weighted by Gasteiger charge is -2.32. The van der Waals surface area contributed by atoms with Crippen LogP contribution in [0.15, 0.2) is 24.3 Å². The standard InChI is InChI=1S/C13H18FN/c1-13(2,12(15)9-3-4-9)10-5-7-11(14)8-6-10/h5-9,12H,3-4,15H2,1-2H3. The highest BCUT2D eigenvalue weighted by atomic mass is 19.1. The summed E-state index contributed by atoms with van der Waals surface area (Å²) in [5, 5.41) is 0. The summed E-state index contributed by atoms with van der Waals surface area (Å²) < 4.78 is 12.8. The van der Waals surface area contributed by atoms with Gasteiger partial charge in [0.05, 0.1) is 0 Å². The van der Waals surface area contributed by atoms with Crippen molar-refractivity contribution >= 4 is 0 Å². The van der Waals surface area contributed by atoms with Crippen LogP contribution in [-0.2, 0) is 5.41 Å². The van der Waals surface area contributed by atoms with Crippen molar-refractivity contribution in [1.29, 1.82) is 0 Å². The number of hydrogen-bond donors (Lipinski definition) is 1. The molecular formula is C13H18FN. The maximum atomic E-state index is 12.8. The molecule has 0 aromatic heterocycles. The first kappa shape index (κ1) is 10.6. The van der Waals surface area contributed by atoms with Gasteiger partial charge in [-0.1, -0.05) is 26.0 Å². The Morgan fingerprint density at radius 2 is 1.80 bits per heavy atom. The molecule has 15 heavy (non-hydrogen) atoms. The van der Waals surface area contributed by atoms with Crippen molar-refractivity contribution in [2.75, 3.05) is 0 Å². The minimum Gasteiger partial charge on any atom is -0.327 e. The summed E-state index contributed by atoms with van der Waals surface area (Å²) in [4.78, 5) is 0. The number of rotatable bonds is 3. The summed E-state index contributed by atoms with van der Waals surface area (Å²) in [6.45, 7) is 4.28. The molecule has 1 aromatic carbocycles.